The maximum atomic E-state index is 15.1. The van der Waals surface area contributed by atoms with Gasteiger partial charge in [-0.05, 0) is 48.9 Å². The number of nitrogens with one attached hydrogen (secondary N) is 2. The van der Waals surface area contributed by atoms with Crippen molar-refractivity contribution in [3.8, 4) is 11.3 Å². The molecular formula is C23H23ClFN5O2. The van der Waals surface area contributed by atoms with E-state index in [4.69, 9.17) is 16.3 Å². The highest BCUT2D eigenvalue weighted by atomic mass is 35.5. The summed E-state index contributed by atoms with van der Waals surface area (Å²) in [5.74, 6) is -0.0718. The summed E-state index contributed by atoms with van der Waals surface area (Å²) in [6.07, 6.45) is 6.58. The monoisotopic (exact) mass is 455 g/mol. The van der Waals surface area contributed by atoms with Crippen LogP contribution in [0.4, 0.5) is 10.3 Å². The third kappa shape index (κ3) is 3.51. The standard InChI is InChI=1S/C23H23ClFN5O2/c24-16-10-27-22(29-18-1-4-32-11-19(18)31)30-20(16)12-5-14-15-9-28-23(2-3-23)7-13(15)8-26-21(14)17(25)6-12/h5-6,8,10,18-19,28,31H,1-4,7,9,11H2,(H,27,29,30)/t18-,19-/m1/s1. The van der Waals surface area contributed by atoms with E-state index in [0.717, 1.165) is 17.4 Å². The number of aromatic nitrogens is 3. The molecule has 0 bridgehead atoms. The average molecular weight is 456 g/mol. The summed E-state index contributed by atoms with van der Waals surface area (Å²) >= 11 is 6.42. The van der Waals surface area contributed by atoms with E-state index in [-0.39, 0.29) is 18.2 Å². The first-order valence-electron chi connectivity index (χ1n) is 10.9. The van der Waals surface area contributed by atoms with Gasteiger partial charge >= 0.3 is 0 Å². The molecule has 3 N–H and O–H groups in total. The number of hydrogen-bond acceptors (Lipinski definition) is 7. The Bertz CT molecular complexity index is 1220. The fraction of sp³-hybridized carbons (Fsp3) is 0.435. The van der Waals surface area contributed by atoms with Crippen LogP contribution in [-0.2, 0) is 17.7 Å². The van der Waals surface area contributed by atoms with Gasteiger partial charge in [0, 0.05) is 35.8 Å². The van der Waals surface area contributed by atoms with Crippen molar-refractivity contribution in [1.29, 1.82) is 0 Å². The zero-order chi connectivity index (χ0) is 21.9. The predicted octanol–water partition coefficient (Wildman–Crippen LogP) is 3.22. The van der Waals surface area contributed by atoms with Crippen molar-refractivity contribution in [3.63, 3.8) is 0 Å². The largest absolute Gasteiger partial charge is 0.389 e. The third-order valence-electron chi connectivity index (χ3n) is 6.81. The number of ether oxygens (including phenoxy) is 1. The Balaban J connectivity index is 1.40. The van der Waals surface area contributed by atoms with Gasteiger partial charge in [-0.25, -0.2) is 14.4 Å². The first-order valence-corrected chi connectivity index (χ1v) is 11.3. The summed E-state index contributed by atoms with van der Waals surface area (Å²) in [6, 6.07) is 3.11. The van der Waals surface area contributed by atoms with E-state index in [9.17, 15) is 5.11 Å². The molecule has 9 heteroatoms. The summed E-state index contributed by atoms with van der Waals surface area (Å²) in [5, 5.41) is 18.0. The molecule has 32 heavy (non-hydrogen) atoms. The van der Waals surface area contributed by atoms with Gasteiger partial charge in [0.1, 0.15) is 11.3 Å². The number of fused-ring (bicyclic) bond motifs is 3. The number of hydrogen-bond donors (Lipinski definition) is 3. The maximum absolute atomic E-state index is 15.1. The summed E-state index contributed by atoms with van der Waals surface area (Å²) in [5.41, 5.74) is 3.84. The first kappa shape index (κ1) is 20.2. The Kier molecular flexibility index (Phi) is 4.80. The Labute approximate surface area is 189 Å². The van der Waals surface area contributed by atoms with Crippen LogP contribution in [0.25, 0.3) is 22.2 Å². The van der Waals surface area contributed by atoms with Gasteiger partial charge in [0.25, 0.3) is 0 Å². The van der Waals surface area contributed by atoms with Crippen molar-refractivity contribution < 1.29 is 14.2 Å². The molecule has 6 rings (SSSR count). The minimum atomic E-state index is -0.649. The van der Waals surface area contributed by atoms with Gasteiger partial charge in [-0.15, -0.1) is 0 Å². The molecule has 1 aliphatic carbocycles. The third-order valence-corrected chi connectivity index (χ3v) is 7.08. The summed E-state index contributed by atoms with van der Waals surface area (Å²) in [7, 11) is 0. The van der Waals surface area contributed by atoms with Crippen LogP contribution in [0.5, 0.6) is 0 Å². The highest BCUT2D eigenvalue weighted by molar-refractivity contribution is 6.33. The fourth-order valence-corrected chi connectivity index (χ4v) is 4.96. The van der Waals surface area contributed by atoms with Crippen molar-refractivity contribution in [3.05, 3.63) is 46.5 Å². The van der Waals surface area contributed by atoms with Crippen molar-refractivity contribution in [2.45, 2.75) is 49.9 Å². The van der Waals surface area contributed by atoms with Crippen LogP contribution in [0.1, 0.15) is 30.4 Å². The molecule has 0 radical (unpaired) electrons. The number of aliphatic hydroxyl groups excluding tert-OH is 1. The molecule has 3 aromatic rings. The normalized spacial score (nSPS) is 23.8. The number of halogens is 2. The van der Waals surface area contributed by atoms with E-state index >= 15 is 4.39 Å². The maximum Gasteiger partial charge on any atom is 0.223 e. The zero-order valence-corrected chi connectivity index (χ0v) is 18.1. The topological polar surface area (TPSA) is 92.2 Å². The molecule has 2 aliphatic heterocycles. The number of rotatable bonds is 3. The van der Waals surface area contributed by atoms with E-state index in [1.54, 1.807) is 0 Å². The Morgan fingerprint density at radius 1 is 1.25 bits per heavy atom. The lowest BCUT2D eigenvalue weighted by Gasteiger charge is -2.28. The van der Waals surface area contributed by atoms with Crippen LogP contribution >= 0.6 is 11.6 Å². The molecule has 1 saturated heterocycles. The average Bonchev–Trinajstić information content (AvgIpc) is 3.54. The van der Waals surface area contributed by atoms with E-state index in [1.807, 2.05) is 12.3 Å². The van der Waals surface area contributed by atoms with Crippen molar-refractivity contribution in [1.82, 2.24) is 20.3 Å². The van der Waals surface area contributed by atoms with Gasteiger partial charge in [-0.3, -0.25) is 4.98 Å². The molecule has 166 valence electrons. The molecule has 0 amide bonds. The Morgan fingerprint density at radius 3 is 2.94 bits per heavy atom. The Morgan fingerprint density at radius 2 is 2.12 bits per heavy atom. The fourth-order valence-electron chi connectivity index (χ4n) is 4.76. The molecule has 0 unspecified atom stereocenters. The summed E-state index contributed by atoms with van der Waals surface area (Å²) in [4.78, 5) is 13.2. The second-order valence-electron chi connectivity index (χ2n) is 9.00. The van der Waals surface area contributed by atoms with Gasteiger partial charge < -0.3 is 20.5 Å². The van der Waals surface area contributed by atoms with E-state index < -0.39 is 11.9 Å². The first-order chi connectivity index (χ1) is 15.5. The zero-order valence-electron chi connectivity index (χ0n) is 17.4. The van der Waals surface area contributed by atoms with Crippen LogP contribution in [0, 0.1) is 5.82 Å². The molecule has 3 aliphatic rings. The quantitative estimate of drug-likeness (QED) is 0.558. The minimum absolute atomic E-state index is 0.212. The van der Waals surface area contributed by atoms with E-state index in [0.29, 0.717) is 47.3 Å². The highest BCUT2D eigenvalue weighted by Gasteiger charge is 2.44. The molecule has 1 spiro atoms. The lowest BCUT2D eigenvalue weighted by molar-refractivity contribution is -0.0136. The molecule has 1 saturated carbocycles. The number of pyridine rings is 1. The van der Waals surface area contributed by atoms with Crippen molar-refractivity contribution in [2.75, 3.05) is 18.5 Å². The SMILES string of the molecule is O[C@@H]1COCC[C@H]1Nc1ncc(Cl)c(-c2cc(F)c3ncc4c(c3c2)CNC2(CC2)C4)n1. The lowest BCUT2D eigenvalue weighted by Crippen LogP contribution is -2.42. The highest BCUT2D eigenvalue weighted by Crippen LogP contribution is 2.43. The molecule has 1 aromatic carbocycles. The molecule has 2 atom stereocenters. The van der Waals surface area contributed by atoms with Gasteiger partial charge in [0.2, 0.25) is 5.95 Å². The van der Waals surface area contributed by atoms with Crippen LogP contribution in [0.15, 0.2) is 24.5 Å². The summed E-state index contributed by atoms with van der Waals surface area (Å²) in [6.45, 7) is 1.52. The van der Waals surface area contributed by atoms with Crippen LogP contribution in [0.2, 0.25) is 5.02 Å². The van der Waals surface area contributed by atoms with Crippen LogP contribution in [0.3, 0.4) is 0 Å². The number of aliphatic hydroxyl groups is 1. The molecule has 2 fully saturated rings. The van der Waals surface area contributed by atoms with E-state index in [2.05, 4.69) is 25.6 Å². The van der Waals surface area contributed by atoms with Crippen LogP contribution < -0.4 is 10.6 Å². The smallest absolute Gasteiger partial charge is 0.223 e. The number of nitrogens with zero attached hydrogens (tertiary/aromatic N) is 3. The molecular weight excluding hydrogens is 433 g/mol. The van der Waals surface area contributed by atoms with Crippen LogP contribution in [-0.4, -0.2) is 51.0 Å². The van der Waals surface area contributed by atoms with Crippen molar-refractivity contribution in [2.24, 2.45) is 0 Å². The number of benzene rings is 1. The van der Waals surface area contributed by atoms with E-state index in [1.165, 1.54) is 30.7 Å². The second kappa shape index (κ2) is 7.59. The second-order valence-corrected chi connectivity index (χ2v) is 9.41. The van der Waals surface area contributed by atoms with Gasteiger partial charge in [-0.2, -0.15) is 0 Å². The molecule has 2 aromatic heterocycles. The van der Waals surface area contributed by atoms with Gasteiger partial charge in [0.05, 0.1) is 35.7 Å². The van der Waals surface area contributed by atoms with Crippen molar-refractivity contribution >= 4 is 28.5 Å². The van der Waals surface area contributed by atoms with Gasteiger partial charge in [0.15, 0.2) is 0 Å². The summed E-state index contributed by atoms with van der Waals surface area (Å²) < 4.78 is 20.4. The lowest BCUT2D eigenvalue weighted by atomic mass is 9.92. The predicted molar refractivity (Wildman–Crippen MR) is 119 cm³/mol. The molecule has 4 heterocycles. The minimum Gasteiger partial charge on any atom is -0.389 e. The Hall–Kier alpha value is -2.39. The molecule has 7 nitrogen and oxygen atoms in total. The number of anilines is 1. The van der Waals surface area contributed by atoms with Gasteiger partial charge in [-0.1, -0.05) is 11.6 Å².